The highest BCUT2D eigenvalue weighted by atomic mass is 35.5. The fourth-order valence-electron chi connectivity index (χ4n) is 2.32. The normalized spacial score (nSPS) is 10.4. The number of carbonyl (C=O) groups excluding carboxylic acids is 1. The number of anilines is 1. The van der Waals surface area contributed by atoms with Gasteiger partial charge in [-0.15, -0.1) is 0 Å². The fraction of sp³-hybridized carbons (Fsp3) is 0.176. The number of hydrogen-bond acceptors (Lipinski definition) is 3. The van der Waals surface area contributed by atoms with Crippen molar-refractivity contribution in [3.05, 3.63) is 57.9 Å². The number of fused-ring (bicyclic) bond motifs is 1. The van der Waals surface area contributed by atoms with Crippen LogP contribution in [0.4, 0.5) is 14.5 Å². The van der Waals surface area contributed by atoms with E-state index in [1.165, 1.54) is 12.4 Å². The highest BCUT2D eigenvalue weighted by Crippen LogP contribution is 2.29. The molecule has 126 valence electrons. The maximum Gasteiger partial charge on any atom is 0.201 e. The molecular weight excluding hydrogens is 336 g/mol. The molecule has 24 heavy (non-hydrogen) atoms. The van der Waals surface area contributed by atoms with Crippen LogP contribution in [-0.2, 0) is 0 Å². The molecule has 3 rings (SSSR count). The minimum Gasteiger partial charge on any atom is -0.396 e. The van der Waals surface area contributed by atoms with E-state index < -0.39 is 23.0 Å². The van der Waals surface area contributed by atoms with E-state index in [-0.39, 0.29) is 11.3 Å². The van der Waals surface area contributed by atoms with E-state index >= 15 is 0 Å². The Balaban J connectivity index is 0.00000100. The first-order valence-electron chi connectivity index (χ1n) is 7.32. The predicted octanol–water partition coefficient (Wildman–Crippen LogP) is 4.64. The van der Waals surface area contributed by atoms with Crippen LogP contribution >= 0.6 is 11.6 Å². The second kappa shape index (κ2) is 6.97. The summed E-state index contributed by atoms with van der Waals surface area (Å²) in [7, 11) is 0. The highest BCUT2D eigenvalue weighted by Gasteiger charge is 2.24. The molecular formula is C17H16ClF2N3O. The van der Waals surface area contributed by atoms with Crippen LogP contribution in [-0.4, -0.2) is 15.8 Å². The van der Waals surface area contributed by atoms with Gasteiger partial charge in [0, 0.05) is 17.8 Å². The number of rotatable bonds is 2. The zero-order valence-corrected chi connectivity index (χ0v) is 14.1. The minimum absolute atomic E-state index is 0.0888. The van der Waals surface area contributed by atoms with E-state index in [4.69, 9.17) is 17.3 Å². The standard InChI is InChI=1S/C15H10ClF2N3O.C2H6/c1-6-8(16)5-21-15-11(6)7(4-20-15)14(22)12-9(17)2-3-10(19)13(12)18;1-2/h2-5H,19H2,1H3,(H,20,21);1-2H3. The number of ketones is 1. The van der Waals surface area contributed by atoms with Crippen LogP contribution in [0.5, 0.6) is 0 Å². The quantitative estimate of drug-likeness (QED) is 0.521. The van der Waals surface area contributed by atoms with Gasteiger partial charge in [0.05, 0.1) is 21.8 Å². The number of nitrogens with zero attached hydrogens (tertiary/aromatic N) is 1. The second-order valence-electron chi connectivity index (χ2n) is 4.81. The van der Waals surface area contributed by atoms with Crippen molar-refractivity contribution in [2.75, 3.05) is 5.73 Å². The molecule has 0 saturated carbocycles. The zero-order valence-electron chi connectivity index (χ0n) is 13.4. The molecule has 0 saturated heterocycles. The van der Waals surface area contributed by atoms with Gasteiger partial charge in [-0.3, -0.25) is 4.79 Å². The molecule has 2 heterocycles. The molecule has 2 aromatic heterocycles. The number of H-pyrrole nitrogens is 1. The molecule has 0 unspecified atom stereocenters. The van der Waals surface area contributed by atoms with Gasteiger partial charge >= 0.3 is 0 Å². The number of carbonyl (C=O) groups is 1. The zero-order chi connectivity index (χ0) is 18.0. The summed E-state index contributed by atoms with van der Waals surface area (Å²) >= 11 is 6.00. The molecule has 1 aromatic carbocycles. The Morgan fingerprint density at radius 3 is 2.62 bits per heavy atom. The van der Waals surface area contributed by atoms with Gasteiger partial charge in [0.25, 0.3) is 0 Å². The maximum atomic E-state index is 14.0. The van der Waals surface area contributed by atoms with E-state index in [2.05, 4.69) is 9.97 Å². The topological polar surface area (TPSA) is 71.8 Å². The van der Waals surface area contributed by atoms with Crippen molar-refractivity contribution in [3.63, 3.8) is 0 Å². The van der Waals surface area contributed by atoms with Crippen LogP contribution in [0.15, 0.2) is 24.5 Å². The van der Waals surface area contributed by atoms with Crippen molar-refractivity contribution in [1.82, 2.24) is 9.97 Å². The molecule has 4 nitrogen and oxygen atoms in total. The monoisotopic (exact) mass is 351 g/mol. The molecule has 0 amide bonds. The number of pyridine rings is 1. The fourth-order valence-corrected chi connectivity index (χ4v) is 2.47. The van der Waals surface area contributed by atoms with Gasteiger partial charge in [-0.05, 0) is 24.6 Å². The number of halogens is 3. The molecule has 7 heteroatoms. The summed E-state index contributed by atoms with van der Waals surface area (Å²) in [4.78, 5) is 19.4. The lowest BCUT2D eigenvalue weighted by atomic mass is 10.00. The first-order chi connectivity index (χ1) is 11.4. The van der Waals surface area contributed by atoms with Crippen LogP contribution in [0.2, 0.25) is 5.02 Å². The molecule has 0 aliphatic heterocycles. The molecule has 3 aromatic rings. The van der Waals surface area contributed by atoms with Crippen molar-refractivity contribution in [3.8, 4) is 0 Å². The summed E-state index contributed by atoms with van der Waals surface area (Å²) in [6.07, 6.45) is 2.79. The van der Waals surface area contributed by atoms with Crippen LogP contribution in [0.1, 0.15) is 35.3 Å². The average molecular weight is 352 g/mol. The second-order valence-corrected chi connectivity index (χ2v) is 5.22. The van der Waals surface area contributed by atoms with Crippen molar-refractivity contribution in [1.29, 1.82) is 0 Å². The number of hydrogen-bond donors (Lipinski definition) is 2. The SMILES string of the molecule is CC.Cc1c(Cl)cnc2[nH]cc(C(=O)c3c(F)ccc(N)c3F)c12. The van der Waals surface area contributed by atoms with E-state index in [9.17, 15) is 13.6 Å². The van der Waals surface area contributed by atoms with E-state index in [1.807, 2.05) is 13.8 Å². The minimum atomic E-state index is -1.08. The van der Waals surface area contributed by atoms with Crippen molar-refractivity contribution in [2.24, 2.45) is 0 Å². The Morgan fingerprint density at radius 1 is 1.29 bits per heavy atom. The number of aromatic nitrogens is 2. The third kappa shape index (κ3) is 2.85. The Morgan fingerprint density at radius 2 is 1.96 bits per heavy atom. The van der Waals surface area contributed by atoms with Gasteiger partial charge in [-0.1, -0.05) is 25.4 Å². The number of nitrogen functional groups attached to an aromatic ring is 1. The Labute approximate surface area is 142 Å². The Kier molecular flexibility index (Phi) is 5.19. The number of aryl methyl sites for hydroxylation is 1. The summed E-state index contributed by atoms with van der Waals surface area (Å²) in [6, 6.07) is 2.03. The largest absolute Gasteiger partial charge is 0.396 e. The highest BCUT2D eigenvalue weighted by molar-refractivity contribution is 6.32. The van der Waals surface area contributed by atoms with Crippen molar-refractivity contribution < 1.29 is 13.6 Å². The molecule has 0 radical (unpaired) electrons. The van der Waals surface area contributed by atoms with E-state index in [0.29, 0.717) is 21.6 Å². The van der Waals surface area contributed by atoms with Crippen LogP contribution in [0.3, 0.4) is 0 Å². The molecule has 0 bridgehead atoms. The van der Waals surface area contributed by atoms with Crippen LogP contribution in [0.25, 0.3) is 11.0 Å². The molecule has 0 atom stereocenters. The maximum absolute atomic E-state index is 14.0. The van der Waals surface area contributed by atoms with Gasteiger partial charge in [-0.25, -0.2) is 13.8 Å². The molecule has 0 aliphatic rings. The lowest BCUT2D eigenvalue weighted by Gasteiger charge is -2.07. The summed E-state index contributed by atoms with van der Waals surface area (Å²) in [5.41, 5.74) is 5.52. The van der Waals surface area contributed by atoms with Gasteiger partial charge < -0.3 is 10.7 Å². The van der Waals surface area contributed by atoms with Gasteiger partial charge in [0.2, 0.25) is 5.78 Å². The van der Waals surface area contributed by atoms with Gasteiger partial charge in [0.15, 0.2) is 5.82 Å². The summed E-state index contributed by atoms with van der Waals surface area (Å²) in [5.74, 6) is -2.87. The molecule has 0 fully saturated rings. The smallest absolute Gasteiger partial charge is 0.201 e. The van der Waals surface area contributed by atoms with E-state index in [0.717, 1.165) is 12.1 Å². The Bertz CT molecular complexity index is 922. The first kappa shape index (κ1) is 17.9. The third-order valence-electron chi connectivity index (χ3n) is 3.49. The van der Waals surface area contributed by atoms with Gasteiger partial charge in [-0.2, -0.15) is 0 Å². The van der Waals surface area contributed by atoms with E-state index in [1.54, 1.807) is 6.92 Å². The number of aromatic amines is 1. The summed E-state index contributed by atoms with van der Waals surface area (Å²) in [6.45, 7) is 5.70. The number of nitrogens with one attached hydrogen (secondary N) is 1. The number of benzene rings is 1. The summed E-state index contributed by atoms with van der Waals surface area (Å²) in [5, 5.41) is 0.786. The molecule has 3 N–H and O–H groups in total. The van der Waals surface area contributed by atoms with Gasteiger partial charge in [0.1, 0.15) is 11.5 Å². The molecule has 0 spiro atoms. The average Bonchev–Trinajstić information content (AvgIpc) is 3.01. The van der Waals surface area contributed by atoms with Crippen LogP contribution in [0, 0.1) is 18.6 Å². The third-order valence-corrected chi connectivity index (χ3v) is 3.87. The van der Waals surface area contributed by atoms with Crippen molar-refractivity contribution in [2.45, 2.75) is 20.8 Å². The summed E-state index contributed by atoms with van der Waals surface area (Å²) < 4.78 is 27.9. The molecule has 0 aliphatic carbocycles. The van der Waals surface area contributed by atoms with Crippen LogP contribution < -0.4 is 5.73 Å². The predicted molar refractivity (Wildman–Crippen MR) is 91.4 cm³/mol. The lowest BCUT2D eigenvalue weighted by Crippen LogP contribution is -2.09. The van der Waals surface area contributed by atoms with Crippen molar-refractivity contribution >= 4 is 34.1 Å². The number of nitrogens with two attached hydrogens (primary N) is 1. The Hall–Kier alpha value is -2.47. The lowest BCUT2D eigenvalue weighted by molar-refractivity contribution is 0.103. The first-order valence-corrected chi connectivity index (χ1v) is 7.70.